The highest BCUT2D eigenvalue weighted by molar-refractivity contribution is 6.30. The van der Waals surface area contributed by atoms with Gasteiger partial charge < -0.3 is 5.32 Å². The molecule has 0 aliphatic carbocycles. The van der Waals surface area contributed by atoms with Crippen molar-refractivity contribution in [3.63, 3.8) is 0 Å². The topological polar surface area (TPSA) is 59.8 Å². The molecule has 1 N–H and O–H groups in total. The molecule has 0 atom stereocenters. The molecular formula is C21H23ClN4O. The largest absolute Gasteiger partial charge is 0.321 e. The molecule has 0 fully saturated rings. The van der Waals surface area contributed by atoms with Gasteiger partial charge >= 0.3 is 0 Å². The van der Waals surface area contributed by atoms with E-state index in [4.69, 9.17) is 11.6 Å². The number of aromatic nitrogens is 3. The number of hydrogen-bond acceptors (Lipinski definition) is 3. The minimum atomic E-state index is -0.267. The molecule has 2 aromatic carbocycles. The summed E-state index contributed by atoms with van der Waals surface area (Å²) in [4.78, 5) is 12.8. The molecule has 0 saturated carbocycles. The van der Waals surface area contributed by atoms with Crippen LogP contribution in [0.15, 0.2) is 48.5 Å². The van der Waals surface area contributed by atoms with E-state index in [2.05, 4.69) is 29.5 Å². The molecule has 0 unspecified atom stereocenters. The van der Waals surface area contributed by atoms with Gasteiger partial charge in [-0.2, -0.15) is 0 Å². The van der Waals surface area contributed by atoms with Crippen molar-refractivity contribution in [2.24, 2.45) is 0 Å². The number of halogens is 1. The summed E-state index contributed by atoms with van der Waals surface area (Å²) in [5, 5.41) is 11.9. The minimum absolute atomic E-state index is 0.0692. The summed E-state index contributed by atoms with van der Waals surface area (Å²) in [5.41, 5.74) is 3.86. The Balaban J connectivity index is 1.89. The van der Waals surface area contributed by atoms with E-state index in [0.29, 0.717) is 16.6 Å². The molecule has 0 spiro atoms. The molecule has 0 aliphatic heterocycles. The average molecular weight is 383 g/mol. The van der Waals surface area contributed by atoms with Crippen LogP contribution >= 0.6 is 11.6 Å². The summed E-state index contributed by atoms with van der Waals surface area (Å²) in [5.74, 6) is 0.248. The number of carbonyl (C=O) groups is 1. The SMILES string of the molecule is CC(C)c1ccc(NC(=O)c2nnn(-c3ccc(Cl)cc3)c2C(C)C)cc1. The first kappa shape index (κ1) is 19.1. The van der Waals surface area contributed by atoms with E-state index in [1.807, 2.05) is 50.2 Å². The van der Waals surface area contributed by atoms with E-state index in [-0.39, 0.29) is 11.8 Å². The van der Waals surface area contributed by atoms with Gasteiger partial charge in [0, 0.05) is 10.7 Å². The molecule has 0 saturated heterocycles. The Labute approximate surface area is 164 Å². The fraction of sp³-hybridized carbons (Fsp3) is 0.286. The van der Waals surface area contributed by atoms with Crippen LogP contribution in [0.3, 0.4) is 0 Å². The van der Waals surface area contributed by atoms with Gasteiger partial charge in [-0.15, -0.1) is 5.10 Å². The molecule has 0 radical (unpaired) electrons. The zero-order valence-electron chi connectivity index (χ0n) is 15.9. The van der Waals surface area contributed by atoms with Crippen LogP contribution in [0.25, 0.3) is 5.69 Å². The van der Waals surface area contributed by atoms with Crippen molar-refractivity contribution in [2.45, 2.75) is 39.5 Å². The Hall–Kier alpha value is -2.66. The zero-order valence-corrected chi connectivity index (χ0v) is 16.7. The van der Waals surface area contributed by atoms with Gasteiger partial charge in [0.2, 0.25) is 0 Å². The molecule has 27 heavy (non-hydrogen) atoms. The van der Waals surface area contributed by atoms with Crippen molar-refractivity contribution in [1.82, 2.24) is 15.0 Å². The third kappa shape index (κ3) is 4.19. The van der Waals surface area contributed by atoms with Crippen LogP contribution < -0.4 is 5.32 Å². The van der Waals surface area contributed by atoms with Gasteiger partial charge in [0.05, 0.1) is 11.4 Å². The molecule has 140 valence electrons. The second kappa shape index (κ2) is 7.92. The smallest absolute Gasteiger partial charge is 0.278 e. The highest BCUT2D eigenvalue weighted by Gasteiger charge is 2.23. The van der Waals surface area contributed by atoms with Crippen LogP contribution in [-0.2, 0) is 0 Å². The molecule has 3 rings (SSSR count). The highest BCUT2D eigenvalue weighted by atomic mass is 35.5. The maximum absolute atomic E-state index is 12.8. The van der Waals surface area contributed by atoms with E-state index in [1.54, 1.807) is 16.8 Å². The first-order chi connectivity index (χ1) is 12.9. The van der Waals surface area contributed by atoms with Crippen molar-refractivity contribution >= 4 is 23.2 Å². The maximum atomic E-state index is 12.8. The third-order valence-electron chi connectivity index (χ3n) is 4.37. The molecule has 6 heteroatoms. The fourth-order valence-corrected chi connectivity index (χ4v) is 3.01. The number of rotatable bonds is 5. The van der Waals surface area contributed by atoms with E-state index >= 15 is 0 Å². The lowest BCUT2D eigenvalue weighted by molar-refractivity contribution is 0.102. The number of nitrogens with zero attached hydrogens (tertiary/aromatic N) is 3. The van der Waals surface area contributed by atoms with E-state index in [1.165, 1.54) is 5.56 Å². The van der Waals surface area contributed by atoms with Gasteiger partial charge in [0.15, 0.2) is 5.69 Å². The summed E-state index contributed by atoms with van der Waals surface area (Å²) in [7, 11) is 0. The summed E-state index contributed by atoms with van der Waals surface area (Å²) >= 11 is 5.97. The third-order valence-corrected chi connectivity index (χ3v) is 4.63. The first-order valence-electron chi connectivity index (χ1n) is 8.99. The maximum Gasteiger partial charge on any atom is 0.278 e. The number of anilines is 1. The molecule has 3 aromatic rings. The number of nitrogens with one attached hydrogen (secondary N) is 1. The summed E-state index contributed by atoms with van der Waals surface area (Å²) in [6.07, 6.45) is 0. The molecular weight excluding hydrogens is 360 g/mol. The van der Waals surface area contributed by atoms with E-state index in [0.717, 1.165) is 17.1 Å². The summed E-state index contributed by atoms with van der Waals surface area (Å²) < 4.78 is 1.69. The first-order valence-corrected chi connectivity index (χ1v) is 9.37. The monoisotopic (exact) mass is 382 g/mol. The normalized spacial score (nSPS) is 11.2. The van der Waals surface area contributed by atoms with Crippen molar-refractivity contribution in [2.75, 3.05) is 5.32 Å². The molecule has 1 amide bonds. The quantitative estimate of drug-likeness (QED) is 0.640. The van der Waals surface area contributed by atoms with Crippen LogP contribution in [-0.4, -0.2) is 20.9 Å². The number of hydrogen-bond donors (Lipinski definition) is 1. The van der Waals surface area contributed by atoms with E-state index < -0.39 is 0 Å². The number of amides is 1. The number of benzene rings is 2. The standard InChI is InChI=1S/C21H23ClN4O/c1-13(2)15-5-9-17(10-6-15)23-21(27)19-20(14(3)4)26(25-24-19)18-11-7-16(22)8-12-18/h5-14H,1-4H3,(H,23,27). The Kier molecular flexibility index (Phi) is 5.61. The van der Waals surface area contributed by atoms with Crippen molar-refractivity contribution in [3.8, 4) is 5.69 Å². The summed E-state index contributed by atoms with van der Waals surface area (Å²) in [6, 6.07) is 15.2. The fourth-order valence-electron chi connectivity index (χ4n) is 2.88. The zero-order chi connectivity index (χ0) is 19.6. The molecule has 1 aromatic heterocycles. The highest BCUT2D eigenvalue weighted by Crippen LogP contribution is 2.24. The van der Waals surface area contributed by atoms with Crippen molar-refractivity contribution in [3.05, 3.63) is 70.5 Å². The molecule has 0 aliphatic rings. The lowest BCUT2D eigenvalue weighted by atomic mass is 10.0. The van der Waals surface area contributed by atoms with Crippen LogP contribution in [0, 0.1) is 0 Å². The summed E-state index contributed by atoms with van der Waals surface area (Å²) in [6.45, 7) is 8.30. The molecule has 0 bridgehead atoms. The lowest BCUT2D eigenvalue weighted by Crippen LogP contribution is -2.16. The minimum Gasteiger partial charge on any atom is -0.321 e. The Morgan fingerprint density at radius 2 is 1.59 bits per heavy atom. The predicted octanol–water partition coefficient (Wildman–Crippen LogP) is 5.42. The van der Waals surface area contributed by atoms with Gasteiger partial charge in [0.1, 0.15) is 0 Å². The van der Waals surface area contributed by atoms with Crippen LogP contribution in [0.4, 0.5) is 5.69 Å². The molecule has 1 heterocycles. The van der Waals surface area contributed by atoms with Crippen LogP contribution in [0.5, 0.6) is 0 Å². The predicted molar refractivity (Wildman–Crippen MR) is 109 cm³/mol. The van der Waals surface area contributed by atoms with Gasteiger partial charge in [-0.05, 0) is 53.8 Å². The van der Waals surface area contributed by atoms with E-state index in [9.17, 15) is 4.79 Å². The molecule has 5 nitrogen and oxygen atoms in total. The number of carbonyl (C=O) groups excluding carboxylic acids is 1. The van der Waals surface area contributed by atoms with Gasteiger partial charge in [-0.25, -0.2) is 4.68 Å². The van der Waals surface area contributed by atoms with Gasteiger partial charge in [0.25, 0.3) is 5.91 Å². The lowest BCUT2D eigenvalue weighted by Gasteiger charge is -2.12. The second-order valence-corrected chi connectivity index (χ2v) is 7.53. The second-order valence-electron chi connectivity index (χ2n) is 7.10. The Morgan fingerprint density at radius 3 is 2.15 bits per heavy atom. The van der Waals surface area contributed by atoms with Crippen LogP contribution in [0.1, 0.15) is 61.3 Å². The van der Waals surface area contributed by atoms with Crippen LogP contribution in [0.2, 0.25) is 5.02 Å². The Morgan fingerprint density at radius 1 is 0.963 bits per heavy atom. The Bertz CT molecular complexity index is 928. The average Bonchev–Trinajstić information content (AvgIpc) is 3.08. The van der Waals surface area contributed by atoms with Gasteiger partial charge in [-0.1, -0.05) is 56.6 Å². The van der Waals surface area contributed by atoms with Crippen molar-refractivity contribution in [1.29, 1.82) is 0 Å². The van der Waals surface area contributed by atoms with Crippen molar-refractivity contribution < 1.29 is 4.79 Å². The van der Waals surface area contributed by atoms with Gasteiger partial charge in [-0.3, -0.25) is 4.79 Å².